The molecule has 1 aromatic heterocycles. The number of aryl methyl sites for hydroxylation is 1. The summed E-state index contributed by atoms with van der Waals surface area (Å²) in [5.41, 5.74) is 2.68. The van der Waals surface area contributed by atoms with E-state index in [9.17, 15) is 0 Å². The zero-order valence-corrected chi connectivity index (χ0v) is 13.2. The molecule has 2 aromatic rings. The van der Waals surface area contributed by atoms with Crippen LogP contribution in [0.5, 0.6) is 0 Å². The zero-order valence-electron chi connectivity index (χ0n) is 12.4. The van der Waals surface area contributed by atoms with Crippen molar-refractivity contribution < 1.29 is 0 Å². The number of halogens is 1. The van der Waals surface area contributed by atoms with E-state index in [1.165, 1.54) is 39.0 Å². The van der Waals surface area contributed by atoms with Crippen molar-refractivity contribution >= 4 is 22.6 Å². The van der Waals surface area contributed by atoms with Crippen LogP contribution in [0.25, 0.3) is 11.0 Å². The first-order chi connectivity index (χ1) is 10.2. The number of fused-ring (bicyclic) bond motifs is 1. The first kappa shape index (κ1) is 13.6. The van der Waals surface area contributed by atoms with Gasteiger partial charge >= 0.3 is 0 Å². The number of likely N-dealkylation sites (tertiary alicyclic amines) is 1. The molecule has 4 rings (SSSR count). The number of imidazole rings is 1. The highest BCUT2D eigenvalue weighted by Crippen LogP contribution is 2.36. The molecule has 2 aliphatic rings. The Kier molecular flexibility index (Phi) is 3.21. The zero-order chi connectivity index (χ0) is 14.4. The van der Waals surface area contributed by atoms with Crippen LogP contribution in [-0.2, 0) is 13.6 Å². The van der Waals surface area contributed by atoms with E-state index in [1.807, 2.05) is 18.2 Å². The largest absolute Gasteiger partial charge is 0.330 e. The molecule has 1 unspecified atom stereocenters. The third kappa shape index (κ3) is 2.35. The van der Waals surface area contributed by atoms with Gasteiger partial charge in [0.1, 0.15) is 5.82 Å². The summed E-state index contributed by atoms with van der Waals surface area (Å²) in [6.45, 7) is 5.68. The first-order valence-electron chi connectivity index (χ1n) is 7.69. The molecule has 0 bridgehead atoms. The topological polar surface area (TPSA) is 33.1 Å². The molecule has 2 fully saturated rings. The lowest BCUT2D eigenvalue weighted by Gasteiger charge is -2.22. The first-order valence-corrected chi connectivity index (χ1v) is 8.07. The normalized spacial score (nSPS) is 26.4. The van der Waals surface area contributed by atoms with E-state index in [0.717, 1.165) is 28.4 Å². The molecule has 1 spiro atoms. The minimum absolute atomic E-state index is 0.522. The molecule has 0 amide bonds. The molecule has 1 aromatic carbocycles. The van der Waals surface area contributed by atoms with Crippen LogP contribution < -0.4 is 5.32 Å². The summed E-state index contributed by atoms with van der Waals surface area (Å²) < 4.78 is 2.18. The lowest BCUT2D eigenvalue weighted by molar-refractivity contribution is 0.262. The van der Waals surface area contributed by atoms with Gasteiger partial charge in [-0.3, -0.25) is 4.90 Å². The summed E-state index contributed by atoms with van der Waals surface area (Å²) in [4.78, 5) is 7.33. The second kappa shape index (κ2) is 4.97. The van der Waals surface area contributed by atoms with Gasteiger partial charge in [0.05, 0.1) is 17.6 Å². The van der Waals surface area contributed by atoms with Gasteiger partial charge in [0.25, 0.3) is 0 Å². The Balaban J connectivity index is 1.56. The van der Waals surface area contributed by atoms with Gasteiger partial charge in [-0.15, -0.1) is 0 Å². The quantitative estimate of drug-likeness (QED) is 0.925. The Morgan fingerprint density at radius 3 is 3.10 bits per heavy atom. The molecule has 2 saturated heterocycles. The highest BCUT2D eigenvalue weighted by atomic mass is 35.5. The second-order valence-corrected chi connectivity index (χ2v) is 7.04. The van der Waals surface area contributed by atoms with Crippen LogP contribution in [0.3, 0.4) is 0 Å². The van der Waals surface area contributed by atoms with Crippen molar-refractivity contribution in [2.75, 3.05) is 26.2 Å². The minimum Gasteiger partial charge on any atom is -0.330 e. The van der Waals surface area contributed by atoms with Crippen molar-refractivity contribution in [3.8, 4) is 0 Å². The van der Waals surface area contributed by atoms with E-state index >= 15 is 0 Å². The average molecular weight is 305 g/mol. The van der Waals surface area contributed by atoms with Crippen LogP contribution in [0.4, 0.5) is 0 Å². The van der Waals surface area contributed by atoms with E-state index in [0.29, 0.717) is 5.41 Å². The number of nitrogens with zero attached hydrogens (tertiary/aromatic N) is 3. The van der Waals surface area contributed by atoms with Gasteiger partial charge in [0.2, 0.25) is 0 Å². The molecule has 0 radical (unpaired) electrons. The number of aromatic nitrogens is 2. The molecular weight excluding hydrogens is 284 g/mol. The van der Waals surface area contributed by atoms with Gasteiger partial charge < -0.3 is 9.88 Å². The summed E-state index contributed by atoms with van der Waals surface area (Å²) in [6.07, 6.45) is 2.64. The van der Waals surface area contributed by atoms with Crippen molar-refractivity contribution in [3.63, 3.8) is 0 Å². The van der Waals surface area contributed by atoms with E-state index in [-0.39, 0.29) is 0 Å². The van der Waals surface area contributed by atoms with Gasteiger partial charge in [0, 0.05) is 25.2 Å². The Morgan fingerprint density at radius 2 is 2.29 bits per heavy atom. The molecule has 21 heavy (non-hydrogen) atoms. The highest BCUT2D eigenvalue weighted by Gasteiger charge is 2.40. The van der Waals surface area contributed by atoms with Crippen LogP contribution in [-0.4, -0.2) is 40.6 Å². The van der Waals surface area contributed by atoms with Crippen molar-refractivity contribution in [1.82, 2.24) is 19.8 Å². The Bertz CT molecular complexity index is 672. The SMILES string of the molecule is Cn1c(CN2CCC3(CCNC3)C2)nc2ccc(Cl)cc21. The van der Waals surface area contributed by atoms with Crippen molar-refractivity contribution in [1.29, 1.82) is 0 Å². The lowest BCUT2D eigenvalue weighted by atomic mass is 9.87. The van der Waals surface area contributed by atoms with Crippen molar-refractivity contribution in [3.05, 3.63) is 29.0 Å². The maximum absolute atomic E-state index is 6.09. The molecular formula is C16H21ClN4. The number of hydrogen-bond acceptors (Lipinski definition) is 3. The molecule has 1 atom stereocenters. The van der Waals surface area contributed by atoms with Gasteiger partial charge in [-0.2, -0.15) is 0 Å². The molecule has 112 valence electrons. The Morgan fingerprint density at radius 1 is 1.38 bits per heavy atom. The minimum atomic E-state index is 0.522. The summed E-state index contributed by atoms with van der Waals surface area (Å²) in [5.74, 6) is 1.13. The van der Waals surface area contributed by atoms with Gasteiger partial charge in [-0.25, -0.2) is 4.98 Å². The fraction of sp³-hybridized carbons (Fsp3) is 0.562. The monoisotopic (exact) mass is 304 g/mol. The van der Waals surface area contributed by atoms with Crippen LogP contribution in [0, 0.1) is 5.41 Å². The molecule has 5 heteroatoms. The molecule has 0 saturated carbocycles. The summed E-state index contributed by atoms with van der Waals surface area (Å²) in [7, 11) is 2.09. The highest BCUT2D eigenvalue weighted by molar-refractivity contribution is 6.31. The van der Waals surface area contributed by atoms with E-state index in [4.69, 9.17) is 16.6 Å². The standard InChI is InChI=1S/C16H21ClN4/c1-20-14-8-12(17)2-3-13(14)19-15(20)9-21-7-5-16(11-21)4-6-18-10-16/h2-3,8,18H,4-7,9-11H2,1H3. The van der Waals surface area contributed by atoms with Crippen LogP contribution in [0.15, 0.2) is 18.2 Å². The van der Waals surface area contributed by atoms with E-state index < -0.39 is 0 Å². The smallest absolute Gasteiger partial charge is 0.123 e. The van der Waals surface area contributed by atoms with Gasteiger partial charge in [-0.05, 0) is 49.5 Å². The van der Waals surface area contributed by atoms with Crippen molar-refractivity contribution in [2.45, 2.75) is 19.4 Å². The Labute approximate surface area is 130 Å². The van der Waals surface area contributed by atoms with Crippen LogP contribution >= 0.6 is 11.6 Å². The maximum Gasteiger partial charge on any atom is 0.123 e. The number of benzene rings is 1. The van der Waals surface area contributed by atoms with E-state index in [2.05, 4.69) is 21.8 Å². The van der Waals surface area contributed by atoms with Crippen molar-refractivity contribution in [2.24, 2.45) is 12.5 Å². The third-order valence-corrected chi connectivity index (χ3v) is 5.39. The van der Waals surface area contributed by atoms with Gasteiger partial charge in [0.15, 0.2) is 0 Å². The van der Waals surface area contributed by atoms with E-state index in [1.54, 1.807) is 0 Å². The lowest BCUT2D eigenvalue weighted by Crippen LogP contribution is -2.29. The third-order valence-electron chi connectivity index (χ3n) is 5.15. The fourth-order valence-electron chi connectivity index (χ4n) is 3.86. The van der Waals surface area contributed by atoms with Crippen LogP contribution in [0.2, 0.25) is 5.02 Å². The molecule has 0 aliphatic carbocycles. The molecule has 2 aliphatic heterocycles. The Hall–Kier alpha value is -1.10. The summed E-state index contributed by atoms with van der Waals surface area (Å²) in [5, 5.41) is 4.29. The summed E-state index contributed by atoms with van der Waals surface area (Å²) >= 11 is 6.09. The number of hydrogen-bond donors (Lipinski definition) is 1. The number of nitrogens with one attached hydrogen (secondary N) is 1. The summed E-state index contributed by atoms with van der Waals surface area (Å²) in [6, 6.07) is 5.92. The second-order valence-electron chi connectivity index (χ2n) is 6.61. The van der Waals surface area contributed by atoms with Crippen LogP contribution in [0.1, 0.15) is 18.7 Å². The predicted octanol–water partition coefficient (Wildman–Crippen LogP) is 2.41. The fourth-order valence-corrected chi connectivity index (χ4v) is 4.03. The molecule has 4 nitrogen and oxygen atoms in total. The van der Waals surface area contributed by atoms with Gasteiger partial charge in [-0.1, -0.05) is 11.6 Å². The number of rotatable bonds is 2. The predicted molar refractivity (Wildman–Crippen MR) is 85.5 cm³/mol. The molecule has 3 heterocycles. The maximum atomic E-state index is 6.09. The average Bonchev–Trinajstić information content (AvgIpc) is 3.16. The molecule has 1 N–H and O–H groups in total.